The van der Waals surface area contributed by atoms with Gasteiger partial charge in [-0.25, -0.2) is 0 Å². The molecule has 0 bridgehead atoms. The van der Waals surface area contributed by atoms with Crippen molar-refractivity contribution in [3.05, 3.63) is 0 Å². The van der Waals surface area contributed by atoms with Crippen molar-refractivity contribution in [2.24, 2.45) is 11.5 Å². The number of nitrogens with zero attached hydrogens (tertiary/aromatic N) is 5. The fourth-order valence-corrected chi connectivity index (χ4v) is 13.6. The summed E-state index contributed by atoms with van der Waals surface area (Å²) in [6.07, 6.45) is 7.70. The number of nitrogens with one attached hydrogen (secondary N) is 6. The molecule has 5 saturated heterocycles. The highest BCUT2D eigenvalue weighted by Crippen LogP contribution is 2.41. The van der Waals surface area contributed by atoms with Crippen LogP contribution in [0.5, 0.6) is 0 Å². The Bertz CT molecular complexity index is 2070. The summed E-state index contributed by atoms with van der Waals surface area (Å²) in [7, 11) is 0. The van der Waals surface area contributed by atoms with E-state index in [2.05, 4.69) is 31.9 Å². The maximum absolute atomic E-state index is 11.0. The average Bonchev–Trinajstić information content (AvgIpc) is 0.820. The Balaban J connectivity index is -0.000000259. The molecule has 5 heterocycles. The van der Waals surface area contributed by atoms with E-state index >= 15 is 0 Å². The Morgan fingerprint density at radius 2 is 0.353 bits per heavy atom. The van der Waals surface area contributed by atoms with E-state index in [0.29, 0.717) is 13.1 Å². The van der Waals surface area contributed by atoms with Gasteiger partial charge in [0, 0.05) is 181 Å². The van der Waals surface area contributed by atoms with E-state index in [9.17, 15) is 50.0 Å². The zero-order valence-corrected chi connectivity index (χ0v) is 67.7. The van der Waals surface area contributed by atoms with Gasteiger partial charge in [0.15, 0.2) is 0 Å². The lowest BCUT2D eigenvalue weighted by molar-refractivity contribution is -0.246. The SMILES string of the molecule is CC(=O)NC1CC(C)(C)N(O)C(C)(C)C1.CC(=O)NC1CC(C)(C)N(O)C(C)(C)C1.CC(=O)NC1CC(C)(C)N(O)C(C)(C)C1.CC(=O)NC1CC(C)(C)N(O)C(C)(C)C1.CC(=O)NC1CC(C)(C)N(O)C(C)(C)C1.CC(=O)O.CC(=O)O.CC(=O)O.CC(=O)O.CC(=O)O.NCCNCCN. The van der Waals surface area contributed by atoms with Crippen molar-refractivity contribution in [3.63, 3.8) is 0 Å². The lowest BCUT2D eigenvalue weighted by Crippen LogP contribution is -2.62. The second-order valence-electron chi connectivity index (χ2n) is 32.6. The standard InChI is InChI=1S/5C11H22N2O2.C4H13N3.5C2H4O2/c5*1-8(14)12-9-6-10(2,3)13(15)11(4,5)7-9;5-1-3-7-4-2-6;5*1-2(3)4/h5*9,15H,6-7H2,1-5H3,(H,12,14);7H,1-6H2;5*1H3,(H,3,4). The van der Waals surface area contributed by atoms with E-state index in [0.717, 1.165) is 112 Å². The predicted molar refractivity (Wildman–Crippen MR) is 391 cm³/mol. The van der Waals surface area contributed by atoms with Crippen LogP contribution in [-0.2, 0) is 47.9 Å². The van der Waals surface area contributed by atoms with Crippen molar-refractivity contribution in [3.8, 4) is 0 Å². The quantitative estimate of drug-likeness (QED) is 0.108. The number of rotatable bonds is 9. The minimum Gasteiger partial charge on any atom is -0.481 e. The predicted octanol–water partition coefficient (Wildman–Crippen LogP) is 6.61. The number of hydrogen-bond acceptors (Lipinski definition) is 23. The van der Waals surface area contributed by atoms with Gasteiger partial charge in [-0.05, 0) is 203 Å². The molecule has 33 nitrogen and oxygen atoms in total. The molecule has 0 aromatic rings. The third-order valence-corrected chi connectivity index (χ3v) is 15.9. The second kappa shape index (κ2) is 46.9. The fraction of sp³-hybridized carbons (Fsp3) is 0.855. The zero-order valence-electron chi connectivity index (χ0n) is 67.7. The third-order valence-electron chi connectivity index (χ3n) is 15.9. The summed E-state index contributed by atoms with van der Waals surface area (Å²) in [6, 6.07) is 0.745. The van der Waals surface area contributed by atoms with Crippen LogP contribution in [0.4, 0.5) is 0 Å². The zero-order chi connectivity index (χ0) is 82.7. The van der Waals surface area contributed by atoms with E-state index in [-0.39, 0.29) is 115 Å². The number of piperidine rings is 5. The highest BCUT2D eigenvalue weighted by molar-refractivity contribution is 5.75. The molecule has 102 heavy (non-hydrogen) atoms. The number of hydroxylamine groups is 10. The molecule has 0 atom stereocenters. The molecule has 0 radical (unpaired) electrons. The Labute approximate surface area is 609 Å². The number of nitrogens with two attached hydrogens (primary N) is 2. The van der Waals surface area contributed by atoms with Gasteiger partial charge in [0.2, 0.25) is 29.5 Å². The van der Waals surface area contributed by atoms with Crippen LogP contribution in [0.15, 0.2) is 0 Å². The van der Waals surface area contributed by atoms with Crippen molar-refractivity contribution in [2.75, 3.05) is 26.2 Å². The number of carbonyl (C=O) groups excluding carboxylic acids is 5. The van der Waals surface area contributed by atoms with Crippen molar-refractivity contribution in [2.45, 2.75) is 358 Å². The molecule has 0 spiro atoms. The topological polar surface area (TPSA) is 513 Å². The summed E-state index contributed by atoms with van der Waals surface area (Å²) in [5, 5.41) is 112. The summed E-state index contributed by atoms with van der Waals surface area (Å²) >= 11 is 0. The normalized spacial score (nSPS) is 21.2. The van der Waals surface area contributed by atoms with E-state index in [1.807, 2.05) is 138 Å². The van der Waals surface area contributed by atoms with E-state index in [1.165, 1.54) is 59.9 Å². The van der Waals surface area contributed by atoms with Crippen LogP contribution in [-0.4, -0.2) is 248 Å². The molecule has 20 N–H and O–H groups in total. The van der Waals surface area contributed by atoms with Gasteiger partial charge in [0.25, 0.3) is 29.8 Å². The van der Waals surface area contributed by atoms with Crippen LogP contribution in [0.3, 0.4) is 0 Å². The van der Waals surface area contributed by atoms with Gasteiger partial charge < -0.3 is 94.9 Å². The van der Waals surface area contributed by atoms with Gasteiger partial charge in [-0.15, -0.1) is 0 Å². The summed E-state index contributed by atoms with van der Waals surface area (Å²) < 4.78 is 0. The molecule has 0 saturated carbocycles. The minimum absolute atomic E-state index is 0.00186. The monoisotopic (exact) mass is 1470 g/mol. The van der Waals surface area contributed by atoms with Crippen molar-refractivity contribution in [1.82, 2.24) is 57.2 Å². The van der Waals surface area contributed by atoms with Crippen LogP contribution in [0, 0.1) is 0 Å². The lowest BCUT2D eigenvalue weighted by Gasteiger charge is -2.51. The van der Waals surface area contributed by atoms with Crippen molar-refractivity contribution < 1.29 is 99.5 Å². The van der Waals surface area contributed by atoms with Crippen molar-refractivity contribution >= 4 is 59.4 Å². The van der Waals surface area contributed by atoms with Crippen LogP contribution < -0.4 is 43.4 Å². The molecule has 0 unspecified atom stereocenters. The first-order chi connectivity index (χ1) is 45.3. The van der Waals surface area contributed by atoms with Crippen molar-refractivity contribution in [1.29, 1.82) is 0 Å². The summed E-state index contributed by atoms with van der Waals surface area (Å²) in [6.45, 7) is 56.0. The summed E-state index contributed by atoms with van der Waals surface area (Å²) in [5.41, 5.74) is 7.36. The smallest absolute Gasteiger partial charge is 0.300 e. The van der Waals surface area contributed by atoms with Gasteiger partial charge in [0.05, 0.1) is 0 Å². The highest BCUT2D eigenvalue weighted by atomic mass is 16.5. The Hall–Kier alpha value is -5.82. The molecule has 0 aliphatic carbocycles. The van der Waals surface area contributed by atoms with E-state index < -0.39 is 29.8 Å². The van der Waals surface area contributed by atoms with Crippen LogP contribution in [0.1, 0.15) is 272 Å². The second-order valence-corrected chi connectivity index (χ2v) is 32.6. The molecule has 0 aromatic heterocycles. The number of carboxylic acid groups (broad SMARTS) is 5. The highest BCUT2D eigenvalue weighted by Gasteiger charge is 2.49. The molecule has 33 heteroatoms. The number of carbonyl (C=O) groups is 10. The van der Waals surface area contributed by atoms with Crippen LogP contribution >= 0.6 is 0 Å². The minimum atomic E-state index is -0.833. The Kier molecular flexibility index (Phi) is 49.3. The average molecular weight is 1470 g/mol. The summed E-state index contributed by atoms with van der Waals surface area (Å²) in [4.78, 5) is 100. The first-order valence-corrected chi connectivity index (χ1v) is 34.2. The summed E-state index contributed by atoms with van der Waals surface area (Å²) in [5.74, 6) is -4.18. The molecular formula is C69H143N13O20. The Morgan fingerprint density at radius 1 is 0.265 bits per heavy atom. The molecule has 5 aliphatic rings. The lowest BCUT2D eigenvalue weighted by atomic mass is 9.79. The van der Waals surface area contributed by atoms with Crippen LogP contribution in [0.2, 0.25) is 0 Å². The fourth-order valence-electron chi connectivity index (χ4n) is 13.6. The number of hydrogen-bond donors (Lipinski definition) is 18. The van der Waals surface area contributed by atoms with Gasteiger partial charge in [-0.3, -0.25) is 47.9 Å². The number of amides is 5. The van der Waals surface area contributed by atoms with Crippen LogP contribution in [0.25, 0.3) is 0 Å². The molecular weight excluding hydrogens is 1330 g/mol. The molecule has 5 fully saturated rings. The third kappa shape index (κ3) is 49.8. The number of aliphatic carboxylic acids is 5. The largest absolute Gasteiger partial charge is 0.481 e. The van der Waals surface area contributed by atoms with Gasteiger partial charge >= 0.3 is 0 Å². The van der Waals surface area contributed by atoms with Gasteiger partial charge in [-0.2, -0.15) is 25.3 Å². The van der Waals surface area contributed by atoms with E-state index in [4.69, 9.17) is 61.0 Å². The Morgan fingerprint density at radius 3 is 0.422 bits per heavy atom. The maximum atomic E-state index is 11.0. The van der Waals surface area contributed by atoms with Gasteiger partial charge in [0.1, 0.15) is 0 Å². The molecule has 5 rings (SSSR count). The first-order valence-electron chi connectivity index (χ1n) is 34.2. The maximum Gasteiger partial charge on any atom is 0.300 e. The van der Waals surface area contributed by atoms with E-state index in [1.54, 1.807) is 0 Å². The molecule has 0 aromatic carbocycles. The molecule has 604 valence electrons. The van der Waals surface area contributed by atoms with Gasteiger partial charge in [-0.1, -0.05) is 0 Å². The first kappa shape index (κ1) is 107. The number of carboxylic acids is 5. The molecule has 5 aliphatic heterocycles. The molecule has 5 amide bonds.